The molecule has 23 heavy (non-hydrogen) atoms. The van der Waals surface area contributed by atoms with Gasteiger partial charge in [-0.3, -0.25) is 4.79 Å². The first-order chi connectivity index (χ1) is 11.2. The molecule has 0 radical (unpaired) electrons. The van der Waals surface area contributed by atoms with Gasteiger partial charge in [0.05, 0.1) is 5.39 Å². The second kappa shape index (κ2) is 6.81. The highest BCUT2D eigenvalue weighted by Crippen LogP contribution is 2.24. The van der Waals surface area contributed by atoms with Crippen molar-refractivity contribution in [3.05, 3.63) is 31.2 Å². The minimum Gasteiger partial charge on any atom is -0.365 e. The molecule has 0 unspecified atom stereocenters. The van der Waals surface area contributed by atoms with Gasteiger partial charge in [-0.2, -0.15) is 0 Å². The van der Waals surface area contributed by atoms with E-state index in [0.717, 1.165) is 42.7 Å². The predicted molar refractivity (Wildman–Crippen MR) is 91.1 cm³/mol. The molecule has 2 N–H and O–H groups in total. The molecule has 6 heteroatoms. The van der Waals surface area contributed by atoms with E-state index in [1.54, 1.807) is 6.33 Å². The number of aromatic nitrogens is 3. The molecule has 3 rings (SSSR count). The molecular weight excluding hydrogens is 290 g/mol. The Balaban J connectivity index is 1.79. The molecule has 1 amide bonds. The second-order valence-electron chi connectivity index (χ2n) is 6.10. The molecule has 0 aliphatic carbocycles. The Labute approximate surface area is 136 Å². The van der Waals surface area contributed by atoms with Crippen LogP contribution in [0.1, 0.15) is 26.2 Å². The highest BCUT2D eigenvalue weighted by Gasteiger charge is 2.25. The molecule has 0 bridgehead atoms. The number of fused-ring (bicyclic) bond motifs is 1. The maximum absolute atomic E-state index is 12.1. The molecule has 1 saturated heterocycles. The Kier molecular flexibility index (Phi) is 4.60. The molecule has 0 aromatic carbocycles. The summed E-state index contributed by atoms with van der Waals surface area (Å²) in [6, 6.07) is 2.15. The molecule has 0 saturated carbocycles. The topological polar surface area (TPSA) is 73.9 Å². The van der Waals surface area contributed by atoms with Crippen molar-refractivity contribution in [3.8, 4) is 0 Å². The van der Waals surface area contributed by atoms with Gasteiger partial charge < -0.3 is 15.2 Å². The van der Waals surface area contributed by atoms with Gasteiger partial charge in [0, 0.05) is 25.3 Å². The van der Waals surface area contributed by atoms with Gasteiger partial charge in [0.25, 0.3) is 0 Å². The number of carbonyl (C=O) groups is 1. The fourth-order valence-corrected chi connectivity index (χ4v) is 3.21. The Hall–Kier alpha value is -2.37. The van der Waals surface area contributed by atoms with Crippen LogP contribution in [0.2, 0.25) is 0 Å². The lowest BCUT2D eigenvalue weighted by Gasteiger charge is -2.25. The molecule has 3 heterocycles. The first kappa shape index (κ1) is 15.5. The predicted octanol–water partition coefficient (Wildman–Crippen LogP) is 2.57. The van der Waals surface area contributed by atoms with Crippen LogP contribution in [-0.4, -0.2) is 44.9 Å². The Bertz CT molecular complexity index is 695. The van der Waals surface area contributed by atoms with Gasteiger partial charge in [-0.25, -0.2) is 9.97 Å². The van der Waals surface area contributed by atoms with Crippen molar-refractivity contribution in [2.45, 2.75) is 32.2 Å². The van der Waals surface area contributed by atoms with Crippen molar-refractivity contribution < 1.29 is 4.79 Å². The Morgan fingerprint density at radius 3 is 3.13 bits per heavy atom. The number of hydrogen-bond acceptors (Lipinski definition) is 4. The zero-order valence-corrected chi connectivity index (χ0v) is 13.5. The van der Waals surface area contributed by atoms with Crippen LogP contribution in [0, 0.1) is 5.92 Å². The molecule has 0 spiro atoms. The van der Waals surface area contributed by atoms with Crippen LogP contribution in [0.15, 0.2) is 31.2 Å². The molecular formula is C17H23N5O. The van der Waals surface area contributed by atoms with E-state index in [4.69, 9.17) is 0 Å². The maximum Gasteiger partial charge on any atom is 0.246 e. The van der Waals surface area contributed by atoms with E-state index in [2.05, 4.69) is 33.8 Å². The van der Waals surface area contributed by atoms with E-state index in [1.807, 2.05) is 17.2 Å². The van der Waals surface area contributed by atoms with Gasteiger partial charge in [-0.15, -0.1) is 0 Å². The zero-order chi connectivity index (χ0) is 16.2. The molecule has 1 aliphatic rings. The van der Waals surface area contributed by atoms with E-state index < -0.39 is 0 Å². The molecule has 122 valence electrons. The van der Waals surface area contributed by atoms with Gasteiger partial charge in [0.1, 0.15) is 17.8 Å². The molecule has 6 nitrogen and oxygen atoms in total. The molecule has 1 aliphatic heterocycles. The lowest BCUT2D eigenvalue weighted by molar-refractivity contribution is -0.126. The molecule has 2 atom stereocenters. The van der Waals surface area contributed by atoms with Crippen molar-refractivity contribution in [1.29, 1.82) is 0 Å². The Morgan fingerprint density at radius 2 is 2.35 bits per heavy atom. The largest absolute Gasteiger partial charge is 0.365 e. The monoisotopic (exact) mass is 313 g/mol. The number of H-pyrrole nitrogens is 1. The van der Waals surface area contributed by atoms with Gasteiger partial charge in [0.15, 0.2) is 0 Å². The van der Waals surface area contributed by atoms with E-state index in [-0.39, 0.29) is 11.9 Å². The number of nitrogens with one attached hydrogen (secondary N) is 2. The van der Waals surface area contributed by atoms with Crippen molar-refractivity contribution in [3.63, 3.8) is 0 Å². The van der Waals surface area contributed by atoms with Crippen LogP contribution in [0.25, 0.3) is 11.0 Å². The molecule has 1 fully saturated rings. The van der Waals surface area contributed by atoms with Gasteiger partial charge >= 0.3 is 0 Å². The third-order valence-electron chi connectivity index (χ3n) is 4.60. The van der Waals surface area contributed by atoms with Crippen LogP contribution in [0.4, 0.5) is 5.82 Å². The van der Waals surface area contributed by atoms with Gasteiger partial charge in [-0.1, -0.05) is 19.9 Å². The summed E-state index contributed by atoms with van der Waals surface area (Å²) in [6.07, 6.45) is 8.04. The van der Waals surface area contributed by atoms with E-state index >= 15 is 0 Å². The standard InChI is InChI=1S/C17H23N5O/c1-3-12-5-6-13(10-22(9-12)15(23)4-2)21-17-14-7-8-18-16(14)19-11-20-17/h4,7-8,11-13H,2-3,5-6,9-10H2,1H3,(H2,18,19,20,21)/t12-,13-/m1/s1. The number of amides is 1. The molecule has 2 aromatic rings. The number of nitrogens with zero attached hydrogens (tertiary/aromatic N) is 3. The van der Waals surface area contributed by atoms with Crippen LogP contribution < -0.4 is 5.32 Å². The lowest BCUT2D eigenvalue weighted by atomic mass is 9.99. The van der Waals surface area contributed by atoms with Gasteiger partial charge in [-0.05, 0) is 30.9 Å². The fourth-order valence-electron chi connectivity index (χ4n) is 3.21. The second-order valence-corrected chi connectivity index (χ2v) is 6.10. The van der Waals surface area contributed by atoms with Gasteiger partial charge in [0.2, 0.25) is 5.91 Å². The molecule has 2 aromatic heterocycles. The summed E-state index contributed by atoms with van der Waals surface area (Å²) in [5.41, 5.74) is 0.821. The van der Waals surface area contributed by atoms with Crippen molar-refractivity contribution in [2.75, 3.05) is 18.4 Å². The van der Waals surface area contributed by atoms with Crippen LogP contribution in [-0.2, 0) is 4.79 Å². The van der Waals surface area contributed by atoms with Crippen LogP contribution in [0.5, 0.6) is 0 Å². The lowest BCUT2D eigenvalue weighted by Crippen LogP contribution is -2.39. The first-order valence-electron chi connectivity index (χ1n) is 8.17. The minimum absolute atomic E-state index is 0.00614. The van der Waals surface area contributed by atoms with Crippen molar-refractivity contribution in [2.24, 2.45) is 5.92 Å². The average molecular weight is 313 g/mol. The highest BCUT2D eigenvalue weighted by atomic mass is 16.2. The normalized spacial score (nSPS) is 21.9. The third-order valence-corrected chi connectivity index (χ3v) is 4.60. The number of hydrogen-bond donors (Lipinski definition) is 2. The number of carbonyl (C=O) groups excluding carboxylic acids is 1. The quantitative estimate of drug-likeness (QED) is 0.851. The van der Waals surface area contributed by atoms with E-state index in [9.17, 15) is 4.79 Å². The Morgan fingerprint density at radius 1 is 1.48 bits per heavy atom. The zero-order valence-electron chi connectivity index (χ0n) is 13.5. The summed E-state index contributed by atoms with van der Waals surface area (Å²) in [4.78, 5) is 25.7. The fraction of sp³-hybridized carbons (Fsp3) is 0.471. The number of rotatable bonds is 4. The summed E-state index contributed by atoms with van der Waals surface area (Å²) in [6.45, 7) is 7.29. The minimum atomic E-state index is 0.00614. The highest BCUT2D eigenvalue weighted by molar-refractivity contribution is 5.88. The summed E-state index contributed by atoms with van der Waals surface area (Å²) in [7, 11) is 0. The summed E-state index contributed by atoms with van der Waals surface area (Å²) in [5.74, 6) is 1.37. The summed E-state index contributed by atoms with van der Waals surface area (Å²) < 4.78 is 0. The average Bonchev–Trinajstić information content (AvgIpc) is 2.96. The number of anilines is 1. The van der Waals surface area contributed by atoms with Crippen molar-refractivity contribution >= 4 is 22.8 Å². The van der Waals surface area contributed by atoms with Crippen LogP contribution >= 0.6 is 0 Å². The van der Waals surface area contributed by atoms with E-state index in [0.29, 0.717) is 12.5 Å². The number of likely N-dealkylation sites (tertiary alicyclic amines) is 1. The smallest absolute Gasteiger partial charge is 0.246 e. The third kappa shape index (κ3) is 3.36. The van der Waals surface area contributed by atoms with Crippen molar-refractivity contribution in [1.82, 2.24) is 19.9 Å². The SMILES string of the molecule is C=CC(=O)N1C[C@H](CC)CC[C@@H](Nc2ncnc3[nH]ccc23)C1. The summed E-state index contributed by atoms with van der Waals surface area (Å²) >= 11 is 0. The van der Waals surface area contributed by atoms with E-state index in [1.165, 1.54) is 6.08 Å². The summed E-state index contributed by atoms with van der Waals surface area (Å²) in [5, 5.41) is 4.48. The number of aromatic amines is 1. The first-order valence-corrected chi connectivity index (χ1v) is 8.17. The van der Waals surface area contributed by atoms with Crippen LogP contribution in [0.3, 0.4) is 0 Å². The maximum atomic E-state index is 12.1.